The van der Waals surface area contributed by atoms with E-state index in [0.29, 0.717) is 17.0 Å². The number of aromatic nitrogens is 2. The molecule has 1 aromatic heterocycles. The molecule has 0 spiro atoms. The number of carbonyl (C=O) groups is 1. The number of benzene rings is 1. The fourth-order valence-electron chi connectivity index (χ4n) is 3.02. The summed E-state index contributed by atoms with van der Waals surface area (Å²) in [6, 6.07) is 12.6. The van der Waals surface area contributed by atoms with Crippen LogP contribution in [0.25, 0.3) is 0 Å². The van der Waals surface area contributed by atoms with Gasteiger partial charge in [0.1, 0.15) is 0 Å². The van der Waals surface area contributed by atoms with Crippen LogP contribution in [0.4, 0.5) is 5.69 Å². The van der Waals surface area contributed by atoms with Crippen molar-refractivity contribution in [3.05, 3.63) is 47.8 Å². The summed E-state index contributed by atoms with van der Waals surface area (Å²) in [7, 11) is 0. The Bertz CT molecular complexity index is 694. The molecule has 0 unspecified atom stereocenters. The number of anilines is 1. The van der Waals surface area contributed by atoms with Crippen LogP contribution in [-0.2, 0) is 4.79 Å². The van der Waals surface area contributed by atoms with Gasteiger partial charge in [0.25, 0.3) is 0 Å². The fraction of sp³-hybridized carbons (Fsp3) is 0.421. The van der Waals surface area contributed by atoms with Gasteiger partial charge in [-0.25, -0.2) is 9.97 Å². The summed E-state index contributed by atoms with van der Waals surface area (Å²) in [5, 5.41) is 4.23. The van der Waals surface area contributed by atoms with Gasteiger partial charge in [0, 0.05) is 36.2 Å². The SMILES string of the molecule is Cc1cc(C)nc(SCC(=O)N2CCC(Nc3ccccc3)CC2)n1. The molecule has 132 valence electrons. The Morgan fingerprint density at radius 3 is 2.44 bits per heavy atom. The van der Waals surface area contributed by atoms with Crippen LogP contribution >= 0.6 is 11.8 Å². The maximum absolute atomic E-state index is 12.4. The Labute approximate surface area is 153 Å². The van der Waals surface area contributed by atoms with Crippen molar-refractivity contribution in [1.29, 1.82) is 0 Å². The number of likely N-dealkylation sites (tertiary alicyclic amines) is 1. The van der Waals surface area contributed by atoms with E-state index in [1.165, 1.54) is 11.8 Å². The first-order chi connectivity index (χ1) is 12.1. The van der Waals surface area contributed by atoms with Crippen LogP contribution in [0, 0.1) is 13.8 Å². The van der Waals surface area contributed by atoms with Crippen LogP contribution in [0.1, 0.15) is 24.2 Å². The Morgan fingerprint density at radius 1 is 1.16 bits per heavy atom. The summed E-state index contributed by atoms with van der Waals surface area (Å²) in [6.07, 6.45) is 1.96. The zero-order chi connectivity index (χ0) is 17.6. The van der Waals surface area contributed by atoms with E-state index >= 15 is 0 Å². The number of hydrogen-bond donors (Lipinski definition) is 1. The van der Waals surface area contributed by atoms with Gasteiger partial charge >= 0.3 is 0 Å². The zero-order valence-electron chi connectivity index (χ0n) is 14.7. The predicted molar refractivity (Wildman–Crippen MR) is 102 cm³/mol. The molecule has 1 N–H and O–H groups in total. The highest BCUT2D eigenvalue weighted by molar-refractivity contribution is 7.99. The lowest BCUT2D eigenvalue weighted by Crippen LogP contribution is -2.43. The van der Waals surface area contributed by atoms with Gasteiger partial charge in [-0.3, -0.25) is 4.79 Å². The molecule has 1 aliphatic heterocycles. The minimum absolute atomic E-state index is 0.172. The number of carbonyl (C=O) groups excluding carboxylic acids is 1. The average molecular weight is 356 g/mol. The Hall–Kier alpha value is -2.08. The van der Waals surface area contributed by atoms with Gasteiger partial charge in [0.05, 0.1) is 5.75 Å². The van der Waals surface area contributed by atoms with Crippen LogP contribution < -0.4 is 5.32 Å². The molecule has 1 aliphatic rings. The van der Waals surface area contributed by atoms with Gasteiger partial charge in [-0.15, -0.1) is 0 Å². The largest absolute Gasteiger partial charge is 0.382 e. The average Bonchev–Trinajstić information content (AvgIpc) is 2.60. The normalized spacial score (nSPS) is 15.2. The second kappa shape index (κ2) is 8.34. The molecule has 1 fully saturated rings. The molecule has 2 heterocycles. The highest BCUT2D eigenvalue weighted by Crippen LogP contribution is 2.19. The third-order valence-electron chi connectivity index (χ3n) is 4.28. The Morgan fingerprint density at radius 2 is 1.80 bits per heavy atom. The molecule has 1 saturated heterocycles. The Balaban J connectivity index is 1.45. The molecular formula is C19H24N4OS. The van der Waals surface area contributed by atoms with E-state index in [2.05, 4.69) is 27.4 Å². The number of rotatable bonds is 5. The first kappa shape index (κ1) is 17.7. The predicted octanol–water partition coefficient (Wildman–Crippen LogP) is 3.29. The molecule has 0 radical (unpaired) electrons. The number of piperidine rings is 1. The standard InChI is InChI=1S/C19H24N4OS/c1-14-12-15(2)21-19(20-14)25-13-18(24)23-10-8-17(9-11-23)22-16-6-4-3-5-7-16/h3-7,12,17,22H,8-11,13H2,1-2H3. The molecule has 0 aliphatic carbocycles. The van der Waals surface area contributed by atoms with Crippen LogP contribution in [0.5, 0.6) is 0 Å². The first-order valence-electron chi connectivity index (χ1n) is 8.64. The van der Waals surface area contributed by atoms with Crippen LogP contribution in [-0.4, -0.2) is 45.7 Å². The summed E-state index contributed by atoms with van der Waals surface area (Å²) < 4.78 is 0. The maximum Gasteiger partial charge on any atom is 0.233 e. The van der Waals surface area contributed by atoms with Gasteiger partial charge in [0.15, 0.2) is 5.16 Å². The molecule has 1 amide bonds. The second-order valence-electron chi connectivity index (χ2n) is 6.39. The monoisotopic (exact) mass is 356 g/mol. The molecule has 0 atom stereocenters. The topological polar surface area (TPSA) is 58.1 Å². The number of aryl methyl sites for hydroxylation is 2. The summed E-state index contributed by atoms with van der Waals surface area (Å²) in [6.45, 7) is 5.51. The van der Waals surface area contributed by atoms with E-state index in [4.69, 9.17) is 0 Å². The number of nitrogens with zero attached hydrogens (tertiary/aromatic N) is 3. The molecule has 5 nitrogen and oxygen atoms in total. The maximum atomic E-state index is 12.4. The summed E-state index contributed by atoms with van der Waals surface area (Å²) in [5.41, 5.74) is 3.03. The quantitative estimate of drug-likeness (QED) is 0.658. The lowest BCUT2D eigenvalue weighted by Gasteiger charge is -2.32. The molecule has 3 rings (SSSR count). The van der Waals surface area contributed by atoms with Crippen molar-refractivity contribution in [1.82, 2.24) is 14.9 Å². The third-order valence-corrected chi connectivity index (χ3v) is 5.11. The van der Waals surface area contributed by atoms with Crippen molar-refractivity contribution in [2.75, 3.05) is 24.2 Å². The van der Waals surface area contributed by atoms with E-state index in [1.54, 1.807) is 0 Å². The van der Waals surface area contributed by atoms with Crippen molar-refractivity contribution < 1.29 is 4.79 Å². The number of para-hydroxylation sites is 1. The lowest BCUT2D eigenvalue weighted by molar-refractivity contribution is -0.129. The van der Waals surface area contributed by atoms with Crippen molar-refractivity contribution in [3.63, 3.8) is 0 Å². The van der Waals surface area contributed by atoms with Crippen LogP contribution in [0.3, 0.4) is 0 Å². The number of hydrogen-bond acceptors (Lipinski definition) is 5. The zero-order valence-corrected chi connectivity index (χ0v) is 15.6. The molecule has 25 heavy (non-hydrogen) atoms. The van der Waals surface area contributed by atoms with Gasteiger partial charge < -0.3 is 10.2 Å². The van der Waals surface area contributed by atoms with Crippen molar-refractivity contribution in [2.24, 2.45) is 0 Å². The number of thioether (sulfide) groups is 1. The molecule has 0 saturated carbocycles. The van der Waals surface area contributed by atoms with Crippen LogP contribution in [0.15, 0.2) is 41.6 Å². The molecule has 2 aromatic rings. The minimum atomic E-state index is 0.172. The number of nitrogens with one attached hydrogen (secondary N) is 1. The number of amides is 1. The third kappa shape index (κ3) is 5.19. The Kier molecular flexibility index (Phi) is 5.91. The molecular weight excluding hydrogens is 332 g/mol. The smallest absolute Gasteiger partial charge is 0.233 e. The van der Waals surface area contributed by atoms with Crippen molar-refractivity contribution in [2.45, 2.75) is 37.9 Å². The van der Waals surface area contributed by atoms with E-state index in [0.717, 1.165) is 43.0 Å². The van der Waals surface area contributed by atoms with Gasteiger partial charge in [0.2, 0.25) is 5.91 Å². The molecule has 1 aromatic carbocycles. The minimum Gasteiger partial charge on any atom is -0.382 e. The van der Waals surface area contributed by atoms with E-state index in [9.17, 15) is 4.79 Å². The van der Waals surface area contributed by atoms with Gasteiger partial charge in [-0.05, 0) is 44.9 Å². The van der Waals surface area contributed by atoms with Gasteiger partial charge in [-0.2, -0.15) is 0 Å². The summed E-state index contributed by atoms with van der Waals surface area (Å²) >= 11 is 1.42. The fourth-order valence-corrected chi connectivity index (χ4v) is 3.87. The van der Waals surface area contributed by atoms with E-state index in [1.807, 2.05) is 43.0 Å². The van der Waals surface area contributed by atoms with Crippen molar-refractivity contribution >= 4 is 23.4 Å². The van der Waals surface area contributed by atoms with E-state index < -0.39 is 0 Å². The summed E-state index contributed by atoms with van der Waals surface area (Å²) in [4.78, 5) is 23.2. The molecule has 6 heteroatoms. The van der Waals surface area contributed by atoms with Crippen LogP contribution in [0.2, 0.25) is 0 Å². The summed E-state index contributed by atoms with van der Waals surface area (Å²) in [5.74, 6) is 0.575. The van der Waals surface area contributed by atoms with E-state index in [-0.39, 0.29) is 5.91 Å². The lowest BCUT2D eigenvalue weighted by atomic mass is 10.0. The first-order valence-corrected chi connectivity index (χ1v) is 9.63. The van der Waals surface area contributed by atoms with Crippen molar-refractivity contribution in [3.8, 4) is 0 Å². The highest BCUT2D eigenvalue weighted by Gasteiger charge is 2.22. The highest BCUT2D eigenvalue weighted by atomic mass is 32.2. The van der Waals surface area contributed by atoms with Gasteiger partial charge in [-0.1, -0.05) is 30.0 Å². The second-order valence-corrected chi connectivity index (χ2v) is 7.33. The molecule has 0 bridgehead atoms.